The largest absolute Gasteiger partial charge is 0.394 e. The van der Waals surface area contributed by atoms with Crippen LogP contribution in [-0.4, -0.2) is 69.0 Å². The minimum absolute atomic E-state index is 0.0365. The lowest BCUT2D eigenvalue weighted by molar-refractivity contribution is 0.0873. The second kappa shape index (κ2) is 13.7. The van der Waals surface area contributed by atoms with E-state index in [9.17, 15) is 14.7 Å². The van der Waals surface area contributed by atoms with Crippen molar-refractivity contribution < 1.29 is 19.7 Å². The number of hydrogen-bond acceptors (Lipinski definition) is 9. The molecule has 3 aromatic heterocycles. The molecule has 1 aromatic carbocycles. The molecular weight excluding hydrogens is 542 g/mol. The standard InChI is InChI=1S/C27H30ClN5O5S/c1-32(17-24(35)23-14-29-6-7-30-23)15-20-12-21-25(36)22(16-33(27(21)39-20)8-10-38-11-9-34)26(37)31-13-18-2-4-19(28)5-3-18/h2-7,12,14,16,24,34-35H,8-11,13,15,17H2,1H3,(H,31,37)/t24-/m1/s1. The summed E-state index contributed by atoms with van der Waals surface area (Å²) >= 11 is 7.38. The second-order valence-corrected chi connectivity index (χ2v) is 10.5. The number of halogens is 1. The monoisotopic (exact) mass is 571 g/mol. The lowest BCUT2D eigenvalue weighted by Gasteiger charge is -2.19. The van der Waals surface area contributed by atoms with Crippen LogP contribution in [0.1, 0.15) is 32.6 Å². The maximum absolute atomic E-state index is 13.4. The minimum Gasteiger partial charge on any atom is -0.394 e. The van der Waals surface area contributed by atoms with Crippen molar-refractivity contribution in [2.75, 3.05) is 33.4 Å². The number of amides is 1. The molecular formula is C27H30ClN5O5S. The third-order valence-corrected chi connectivity index (χ3v) is 7.37. The minimum atomic E-state index is -0.808. The normalized spacial score (nSPS) is 12.2. The number of likely N-dealkylation sites (N-methyl/N-ethyl adjacent to an activating group) is 1. The van der Waals surface area contributed by atoms with Crippen molar-refractivity contribution in [2.24, 2.45) is 0 Å². The number of benzene rings is 1. The molecule has 12 heteroatoms. The van der Waals surface area contributed by atoms with E-state index >= 15 is 0 Å². The van der Waals surface area contributed by atoms with Crippen LogP contribution in [0.15, 0.2) is 59.9 Å². The van der Waals surface area contributed by atoms with Gasteiger partial charge in [-0.1, -0.05) is 23.7 Å². The molecule has 4 rings (SSSR count). The molecule has 0 aliphatic carbocycles. The van der Waals surface area contributed by atoms with Gasteiger partial charge in [0.1, 0.15) is 16.5 Å². The molecule has 0 radical (unpaired) electrons. The Labute approximate surface area is 234 Å². The Morgan fingerprint density at radius 3 is 2.77 bits per heavy atom. The maximum Gasteiger partial charge on any atom is 0.257 e. The van der Waals surface area contributed by atoms with Gasteiger partial charge in [0.15, 0.2) is 0 Å². The zero-order valence-electron chi connectivity index (χ0n) is 21.4. The summed E-state index contributed by atoms with van der Waals surface area (Å²) in [5, 5.41) is 23.4. The number of pyridine rings is 1. The first-order valence-corrected chi connectivity index (χ1v) is 13.5. The molecule has 0 bridgehead atoms. The number of fused-ring (bicyclic) bond motifs is 1. The van der Waals surface area contributed by atoms with Crippen LogP contribution in [0.25, 0.3) is 10.2 Å². The molecule has 10 nitrogen and oxygen atoms in total. The number of nitrogens with zero attached hydrogens (tertiary/aromatic N) is 4. The summed E-state index contributed by atoms with van der Waals surface area (Å²) in [5.74, 6) is -0.473. The van der Waals surface area contributed by atoms with Gasteiger partial charge in [0.2, 0.25) is 5.43 Å². The third-order valence-electron chi connectivity index (χ3n) is 5.96. The number of hydrogen-bond donors (Lipinski definition) is 3. The second-order valence-electron chi connectivity index (χ2n) is 8.98. The van der Waals surface area contributed by atoms with Gasteiger partial charge in [-0.05, 0) is 30.8 Å². The van der Waals surface area contributed by atoms with Gasteiger partial charge in [-0.3, -0.25) is 24.5 Å². The number of aromatic nitrogens is 3. The van der Waals surface area contributed by atoms with E-state index < -0.39 is 12.0 Å². The molecule has 4 aromatic rings. The summed E-state index contributed by atoms with van der Waals surface area (Å²) in [5.41, 5.74) is 1.03. The van der Waals surface area contributed by atoms with E-state index in [4.69, 9.17) is 21.4 Å². The summed E-state index contributed by atoms with van der Waals surface area (Å²) in [4.78, 5) is 38.2. The molecule has 0 aliphatic rings. The SMILES string of the molecule is CN(Cc1cc2c(=O)c(C(=O)NCc3ccc(Cl)cc3)cn(CCOCCO)c2s1)C[C@@H](O)c1cnccn1. The Morgan fingerprint density at radius 2 is 2.05 bits per heavy atom. The van der Waals surface area contributed by atoms with Crippen molar-refractivity contribution in [1.29, 1.82) is 0 Å². The van der Waals surface area contributed by atoms with Crippen molar-refractivity contribution in [3.05, 3.63) is 92.1 Å². The molecule has 0 unspecified atom stereocenters. The highest BCUT2D eigenvalue weighted by atomic mass is 35.5. The molecule has 0 aliphatic heterocycles. The van der Waals surface area contributed by atoms with Gasteiger partial charge in [-0.15, -0.1) is 11.3 Å². The average Bonchev–Trinajstić information content (AvgIpc) is 3.36. The van der Waals surface area contributed by atoms with E-state index in [-0.39, 0.29) is 30.8 Å². The van der Waals surface area contributed by atoms with Crippen LogP contribution in [0.5, 0.6) is 0 Å². The molecule has 0 saturated carbocycles. The van der Waals surface area contributed by atoms with Gasteiger partial charge in [0, 0.05) is 54.7 Å². The number of thiophene rings is 1. The Hall–Kier alpha value is -3.19. The first-order valence-electron chi connectivity index (χ1n) is 12.4. The highest BCUT2D eigenvalue weighted by Crippen LogP contribution is 2.26. The molecule has 1 atom stereocenters. The van der Waals surface area contributed by atoms with Crippen molar-refractivity contribution in [3.8, 4) is 0 Å². The fourth-order valence-corrected chi connectivity index (χ4v) is 5.40. The predicted molar refractivity (Wildman–Crippen MR) is 150 cm³/mol. The van der Waals surface area contributed by atoms with Gasteiger partial charge >= 0.3 is 0 Å². The molecule has 3 N–H and O–H groups in total. The summed E-state index contributed by atoms with van der Waals surface area (Å²) < 4.78 is 7.28. The molecule has 206 valence electrons. The first-order chi connectivity index (χ1) is 18.9. The van der Waals surface area contributed by atoms with Crippen LogP contribution < -0.4 is 10.7 Å². The van der Waals surface area contributed by atoms with Gasteiger partial charge in [0.25, 0.3) is 5.91 Å². The van der Waals surface area contributed by atoms with Gasteiger partial charge < -0.3 is 24.8 Å². The quantitative estimate of drug-likeness (QED) is 0.209. The lowest BCUT2D eigenvalue weighted by Crippen LogP contribution is -2.29. The Balaban J connectivity index is 1.55. The van der Waals surface area contributed by atoms with Gasteiger partial charge in [0.05, 0.1) is 37.1 Å². The molecule has 0 saturated heterocycles. The van der Waals surface area contributed by atoms with E-state index in [2.05, 4.69) is 15.3 Å². The number of nitrogens with one attached hydrogen (secondary N) is 1. The average molecular weight is 572 g/mol. The van der Waals surface area contributed by atoms with E-state index in [1.54, 1.807) is 30.6 Å². The van der Waals surface area contributed by atoms with E-state index in [0.717, 1.165) is 15.3 Å². The van der Waals surface area contributed by atoms with E-state index in [1.165, 1.54) is 23.7 Å². The Bertz CT molecular complexity index is 1440. The molecule has 3 heterocycles. The van der Waals surface area contributed by atoms with Crippen LogP contribution in [0, 0.1) is 0 Å². The number of carbonyl (C=O) groups excluding carboxylic acids is 1. The van der Waals surface area contributed by atoms with Crippen molar-refractivity contribution >= 4 is 39.1 Å². The van der Waals surface area contributed by atoms with Crippen LogP contribution in [0.3, 0.4) is 0 Å². The van der Waals surface area contributed by atoms with Crippen LogP contribution in [0.4, 0.5) is 0 Å². The zero-order chi connectivity index (χ0) is 27.8. The summed E-state index contributed by atoms with van der Waals surface area (Å²) in [7, 11) is 1.87. The van der Waals surface area contributed by atoms with Gasteiger partial charge in [-0.25, -0.2) is 0 Å². The first kappa shape index (κ1) is 28.8. The molecule has 0 fully saturated rings. The molecule has 0 spiro atoms. The van der Waals surface area contributed by atoms with Crippen LogP contribution in [0.2, 0.25) is 5.02 Å². The highest BCUT2D eigenvalue weighted by Gasteiger charge is 2.19. The number of carbonyl (C=O) groups is 1. The summed E-state index contributed by atoms with van der Waals surface area (Å²) in [6.07, 6.45) is 5.37. The smallest absolute Gasteiger partial charge is 0.257 e. The lowest BCUT2D eigenvalue weighted by atomic mass is 10.1. The fourth-order valence-electron chi connectivity index (χ4n) is 4.04. The summed E-state index contributed by atoms with van der Waals surface area (Å²) in [6.45, 7) is 1.87. The Kier molecular flexibility index (Phi) is 10.2. The number of aliphatic hydroxyl groups excluding tert-OH is 2. The number of ether oxygens (including phenoxy) is 1. The molecule has 39 heavy (non-hydrogen) atoms. The topological polar surface area (TPSA) is 130 Å². The van der Waals surface area contributed by atoms with Crippen molar-refractivity contribution in [1.82, 2.24) is 24.8 Å². The predicted octanol–water partition coefficient (Wildman–Crippen LogP) is 2.61. The Morgan fingerprint density at radius 1 is 1.26 bits per heavy atom. The highest BCUT2D eigenvalue weighted by molar-refractivity contribution is 7.18. The van der Waals surface area contributed by atoms with Crippen molar-refractivity contribution in [2.45, 2.75) is 25.7 Å². The maximum atomic E-state index is 13.4. The van der Waals surface area contributed by atoms with Crippen molar-refractivity contribution in [3.63, 3.8) is 0 Å². The fraction of sp³-hybridized carbons (Fsp3) is 0.333. The van der Waals surface area contributed by atoms with Crippen LogP contribution >= 0.6 is 22.9 Å². The summed E-state index contributed by atoms with van der Waals surface area (Å²) in [6, 6.07) is 8.90. The molecule has 1 amide bonds. The van der Waals surface area contributed by atoms with E-state index in [1.807, 2.05) is 28.6 Å². The van der Waals surface area contributed by atoms with Crippen LogP contribution in [-0.2, 0) is 24.4 Å². The zero-order valence-corrected chi connectivity index (χ0v) is 23.0. The number of aliphatic hydroxyl groups is 2. The van der Waals surface area contributed by atoms with E-state index in [0.29, 0.717) is 42.3 Å². The van der Waals surface area contributed by atoms with Gasteiger partial charge in [-0.2, -0.15) is 0 Å². The number of rotatable bonds is 13. The third kappa shape index (κ3) is 7.69.